The summed E-state index contributed by atoms with van der Waals surface area (Å²) in [6.07, 6.45) is 4.11. The molecule has 2 heterocycles. The van der Waals surface area contributed by atoms with Crippen molar-refractivity contribution in [2.45, 2.75) is 30.8 Å². The minimum Gasteiger partial charge on any atom is -0.399 e. The van der Waals surface area contributed by atoms with Crippen LogP contribution in [0.5, 0.6) is 0 Å². The normalized spacial score (nSPS) is 31.3. The SMILES string of the molecule is CN1[C@@H]2C=C3C(C#N)=C(N)C(C#N)(C#N)[C@@H](c4ccccc4Br)[C@@H]3[C@H]1CC2. The molecule has 4 rings (SSSR count). The largest absolute Gasteiger partial charge is 0.399 e. The molecule has 1 saturated heterocycles. The van der Waals surface area contributed by atoms with Crippen LogP contribution in [0.1, 0.15) is 24.3 Å². The second kappa shape index (κ2) is 6.24. The number of likely N-dealkylation sites (N-methyl/N-ethyl adjacent to an activating group) is 1. The van der Waals surface area contributed by atoms with Gasteiger partial charge in [-0.2, -0.15) is 15.8 Å². The van der Waals surface area contributed by atoms with Crippen LogP contribution in [0.3, 0.4) is 0 Å². The second-order valence-corrected chi connectivity index (χ2v) is 8.31. The maximum absolute atomic E-state index is 10.1. The summed E-state index contributed by atoms with van der Waals surface area (Å²) < 4.78 is 0.847. The lowest BCUT2D eigenvalue weighted by atomic mass is 9.56. The summed E-state index contributed by atoms with van der Waals surface area (Å²) in [7, 11) is 2.08. The van der Waals surface area contributed by atoms with Crippen molar-refractivity contribution in [3.8, 4) is 18.2 Å². The van der Waals surface area contributed by atoms with Crippen molar-refractivity contribution >= 4 is 15.9 Å². The minimum absolute atomic E-state index is 0.0854. The molecule has 5 nitrogen and oxygen atoms in total. The van der Waals surface area contributed by atoms with Crippen molar-refractivity contribution in [3.63, 3.8) is 0 Å². The van der Waals surface area contributed by atoms with Crippen LogP contribution in [-0.4, -0.2) is 24.0 Å². The molecule has 0 amide bonds. The molecule has 1 aromatic rings. The number of hydrogen-bond donors (Lipinski definition) is 1. The number of nitriles is 3. The molecule has 4 atom stereocenters. The highest BCUT2D eigenvalue weighted by atomic mass is 79.9. The highest BCUT2D eigenvalue weighted by Crippen LogP contribution is 2.58. The molecule has 1 aromatic carbocycles. The Kier molecular flexibility index (Phi) is 4.11. The van der Waals surface area contributed by atoms with E-state index in [1.807, 2.05) is 24.3 Å². The van der Waals surface area contributed by atoms with Gasteiger partial charge in [0, 0.05) is 28.4 Å². The molecular weight excluding hydrogens is 402 g/mol. The Bertz CT molecular complexity index is 989. The van der Waals surface area contributed by atoms with E-state index in [0.717, 1.165) is 28.5 Å². The first-order valence-corrected chi connectivity index (χ1v) is 9.70. The maximum atomic E-state index is 10.1. The van der Waals surface area contributed by atoms with E-state index in [1.165, 1.54) is 0 Å². The zero-order valence-electron chi connectivity index (χ0n) is 14.9. The van der Waals surface area contributed by atoms with Gasteiger partial charge in [-0.15, -0.1) is 0 Å². The van der Waals surface area contributed by atoms with Gasteiger partial charge in [0.15, 0.2) is 5.41 Å². The fourth-order valence-corrected chi connectivity index (χ4v) is 5.69. The predicted octanol–water partition coefficient (Wildman–Crippen LogP) is 3.34. The topological polar surface area (TPSA) is 101 Å². The monoisotopic (exact) mass is 419 g/mol. The average Bonchev–Trinajstić information content (AvgIpc) is 2.91. The third kappa shape index (κ3) is 2.23. The highest BCUT2D eigenvalue weighted by molar-refractivity contribution is 9.10. The zero-order chi connectivity index (χ0) is 19.3. The van der Waals surface area contributed by atoms with Gasteiger partial charge in [-0.05, 0) is 37.1 Å². The first-order chi connectivity index (χ1) is 13.0. The quantitative estimate of drug-likeness (QED) is 0.751. The van der Waals surface area contributed by atoms with Crippen LogP contribution < -0.4 is 5.73 Å². The third-order valence-electron chi connectivity index (χ3n) is 6.46. The van der Waals surface area contributed by atoms with Crippen LogP contribution >= 0.6 is 15.9 Å². The van der Waals surface area contributed by atoms with Crippen LogP contribution in [0.25, 0.3) is 0 Å². The second-order valence-electron chi connectivity index (χ2n) is 7.46. The number of hydrogen-bond acceptors (Lipinski definition) is 5. The standard InChI is InChI=1S/C21H18BrN5/c1-27-12-6-7-17(27)18-14(8-12)15(9-23)20(26)21(10-24,11-25)19(18)13-4-2-3-5-16(13)22/h2-5,8,12,17-19H,6-7,26H2,1H3/t12-,17+,18-,19-/m0/s1. The Labute approximate surface area is 167 Å². The summed E-state index contributed by atoms with van der Waals surface area (Å²) in [5.74, 6) is -0.577. The summed E-state index contributed by atoms with van der Waals surface area (Å²) in [4.78, 5) is 2.31. The molecule has 3 aliphatic rings. The number of fused-ring (bicyclic) bond motifs is 4. The molecule has 134 valence electrons. The lowest BCUT2D eigenvalue weighted by Crippen LogP contribution is -2.51. The van der Waals surface area contributed by atoms with Crippen LogP contribution in [0.4, 0.5) is 0 Å². The first kappa shape index (κ1) is 17.8. The summed E-state index contributed by atoms with van der Waals surface area (Å²) in [6.45, 7) is 0. The summed E-state index contributed by atoms with van der Waals surface area (Å²) in [6, 6.07) is 14.7. The number of halogens is 1. The Morgan fingerprint density at radius 3 is 2.52 bits per heavy atom. The number of benzene rings is 1. The van der Waals surface area contributed by atoms with E-state index in [1.54, 1.807) is 0 Å². The van der Waals surface area contributed by atoms with Crippen molar-refractivity contribution in [3.05, 3.63) is 57.2 Å². The molecule has 2 bridgehead atoms. The lowest BCUT2D eigenvalue weighted by Gasteiger charge is -2.48. The fourth-order valence-electron chi connectivity index (χ4n) is 5.16. The molecule has 0 saturated carbocycles. The molecule has 2 N–H and O–H groups in total. The van der Waals surface area contributed by atoms with Gasteiger partial charge in [0.05, 0.1) is 23.4 Å². The average molecular weight is 420 g/mol. The molecule has 1 fully saturated rings. The van der Waals surface area contributed by atoms with Gasteiger partial charge in [-0.1, -0.05) is 40.2 Å². The first-order valence-electron chi connectivity index (χ1n) is 8.91. The van der Waals surface area contributed by atoms with E-state index in [9.17, 15) is 15.8 Å². The highest BCUT2D eigenvalue weighted by Gasteiger charge is 2.58. The van der Waals surface area contributed by atoms with E-state index < -0.39 is 11.3 Å². The fraction of sp³-hybridized carbons (Fsp3) is 0.381. The Balaban J connectivity index is 2.08. The van der Waals surface area contributed by atoms with E-state index in [-0.39, 0.29) is 23.7 Å². The van der Waals surface area contributed by atoms with Gasteiger partial charge in [-0.25, -0.2) is 0 Å². The smallest absolute Gasteiger partial charge is 0.191 e. The van der Waals surface area contributed by atoms with Gasteiger partial charge in [-0.3, -0.25) is 4.90 Å². The molecule has 1 aliphatic carbocycles. The Morgan fingerprint density at radius 1 is 1.19 bits per heavy atom. The number of nitrogens with two attached hydrogens (primary N) is 1. The van der Waals surface area contributed by atoms with E-state index in [0.29, 0.717) is 5.57 Å². The van der Waals surface area contributed by atoms with E-state index >= 15 is 0 Å². The third-order valence-corrected chi connectivity index (χ3v) is 7.19. The Hall–Kier alpha value is -2.59. The summed E-state index contributed by atoms with van der Waals surface area (Å²) in [5.41, 5.74) is 6.98. The summed E-state index contributed by atoms with van der Waals surface area (Å²) in [5, 5.41) is 30.1. The molecule has 2 aliphatic heterocycles. The van der Waals surface area contributed by atoms with Crippen molar-refractivity contribution < 1.29 is 0 Å². The minimum atomic E-state index is -1.58. The van der Waals surface area contributed by atoms with Crippen LogP contribution in [0.15, 0.2) is 51.7 Å². The zero-order valence-corrected chi connectivity index (χ0v) is 16.4. The van der Waals surface area contributed by atoms with E-state index in [2.05, 4.69) is 52.2 Å². The van der Waals surface area contributed by atoms with Crippen LogP contribution in [0, 0.1) is 45.3 Å². The molecular formula is C21H18BrN5. The number of nitrogens with zero attached hydrogens (tertiary/aromatic N) is 4. The van der Waals surface area contributed by atoms with Crippen molar-refractivity contribution in [1.29, 1.82) is 15.8 Å². The molecule has 0 unspecified atom stereocenters. The van der Waals surface area contributed by atoms with Crippen LogP contribution in [0.2, 0.25) is 0 Å². The maximum Gasteiger partial charge on any atom is 0.191 e. The molecule has 0 spiro atoms. The van der Waals surface area contributed by atoms with Gasteiger partial charge >= 0.3 is 0 Å². The van der Waals surface area contributed by atoms with Gasteiger partial charge in [0.2, 0.25) is 0 Å². The van der Waals surface area contributed by atoms with Crippen molar-refractivity contribution in [2.24, 2.45) is 17.1 Å². The van der Waals surface area contributed by atoms with Gasteiger partial charge < -0.3 is 5.73 Å². The summed E-state index contributed by atoms with van der Waals surface area (Å²) >= 11 is 3.60. The molecule has 0 radical (unpaired) electrons. The van der Waals surface area contributed by atoms with Crippen LogP contribution in [-0.2, 0) is 0 Å². The van der Waals surface area contributed by atoms with Crippen molar-refractivity contribution in [1.82, 2.24) is 4.90 Å². The molecule has 0 aromatic heterocycles. The number of allylic oxidation sites excluding steroid dienone is 2. The van der Waals surface area contributed by atoms with E-state index in [4.69, 9.17) is 5.73 Å². The predicted molar refractivity (Wildman–Crippen MR) is 104 cm³/mol. The molecule has 27 heavy (non-hydrogen) atoms. The van der Waals surface area contributed by atoms with Gasteiger partial charge in [0.25, 0.3) is 0 Å². The lowest BCUT2D eigenvalue weighted by molar-refractivity contribution is 0.160. The Morgan fingerprint density at radius 2 is 1.89 bits per heavy atom. The molecule has 6 heteroatoms. The number of rotatable bonds is 1. The van der Waals surface area contributed by atoms with Gasteiger partial charge in [0.1, 0.15) is 6.07 Å². The van der Waals surface area contributed by atoms with Crippen molar-refractivity contribution in [2.75, 3.05) is 7.05 Å².